The summed E-state index contributed by atoms with van der Waals surface area (Å²) in [5.74, 6) is 6.49. The van der Waals surface area contributed by atoms with Crippen LogP contribution in [0.2, 0.25) is 0 Å². The van der Waals surface area contributed by atoms with Gasteiger partial charge in [-0.1, -0.05) is 30.3 Å². The van der Waals surface area contributed by atoms with Gasteiger partial charge >= 0.3 is 0 Å². The molecule has 3 aromatic rings. The number of fused-ring (bicyclic) bond motifs is 1. The number of hydrogen-bond acceptors (Lipinski definition) is 3. The molecule has 0 unspecified atom stereocenters. The lowest BCUT2D eigenvalue weighted by Crippen LogP contribution is -2.24. The van der Waals surface area contributed by atoms with Crippen molar-refractivity contribution in [3.8, 4) is 28.7 Å². The standard InChI is InChI=1S/C21H19NO3/c1-3-4-8-13-22-21(23)20-19(15-9-6-5-7-10-15)17-12-11-16(24-2)14-18(17)25-20/h5-7,9-12,14H,8,13H2,1-2H3,(H,22,23). The van der Waals surface area contributed by atoms with Gasteiger partial charge in [-0.15, -0.1) is 11.8 Å². The Hall–Kier alpha value is -3.19. The highest BCUT2D eigenvalue weighted by atomic mass is 16.5. The van der Waals surface area contributed by atoms with Gasteiger partial charge in [-0.2, -0.15) is 0 Å². The summed E-state index contributed by atoms with van der Waals surface area (Å²) in [5, 5.41) is 3.75. The third-order valence-corrected chi connectivity index (χ3v) is 3.88. The summed E-state index contributed by atoms with van der Waals surface area (Å²) in [6, 6.07) is 15.3. The number of carbonyl (C=O) groups excluding carboxylic acids is 1. The van der Waals surface area contributed by atoms with Crippen molar-refractivity contribution in [2.24, 2.45) is 0 Å². The van der Waals surface area contributed by atoms with Gasteiger partial charge in [0.05, 0.1) is 7.11 Å². The van der Waals surface area contributed by atoms with Gasteiger partial charge in [0.1, 0.15) is 11.3 Å². The van der Waals surface area contributed by atoms with Gasteiger partial charge in [0, 0.05) is 30.0 Å². The first-order chi connectivity index (χ1) is 12.2. The zero-order chi connectivity index (χ0) is 17.6. The molecule has 25 heavy (non-hydrogen) atoms. The summed E-state index contributed by atoms with van der Waals surface area (Å²) < 4.78 is 11.1. The zero-order valence-corrected chi connectivity index (χ0v) is 14.3. The van der Waals surface area contributed by atoms with Crippen molar-refractivity contribution >= 4 is 16.9 Å². The highest BCUT2D eigenvalue weighted by molar-refractivity contribution is 6.08. The Balaban J connectivity index is 2.06. The average Bonchev–Trinajstić information content (AvgIpc) is 3.04. The van der Waals surface area contributed by atoms with Crippen molar-refractivity contribution in [2.75, 3.05) is 13.7 Å². The van der Waals surface area contributed by atoms with E-state index in [2.05, 4.69) is 17.2 Å². The Bertz CT molecular complexity index is 946. The van der Waals surface area contributed by atoms with Gasteiger partial charge in [0.25, 0.3) is 5.91 Å². The number of amides is 1. The van der Waals surface area contributed by atoms with Crippen molar-refractivity contribution in [3.63, 3.8) is 0 Å². The molecule has 0 spiro atoms. The van der Waals surface area contributed by atoms with Crippen LogP contribution in [0.25, 0.3) is 22.1 Å². The van der Waals surface area contributed by atoms with Gasteiger partial charge in [-0.25, -0.2) is 0 Å². The van der Waals surface area contributed by atoms with Crippen LogP contribution in [0.5, 0.6) is 5.75 Å². The van der Waals surface area contributed by atoms with Crippen LogP contribution in [0.4, 0.5) is 0 Å². The normalized spacial score (nSPS) is 10.2. The number of ether oxygens (including phenoxy) is 1. The molecular weight excluding hydrogens is 314 g/mol. The second-order valence-electron chi connectivity index (χ2n) is 5.47. The highest BCUT2D eigenvalue weighted by Gasteiger charge is 2.21. The first-order valence-corrected chi connectivity index (χ1v) is 8.08. The van der Waals surface area contributed by atoms with Crippen LogP contribution in [0.1, 0.15) is 23.9 Å². The van der Waals surface area contributed by atoms with E-state index in [1.165, 1.54) is 0 Å². The number of methoxy groups -OCH3 is 1. The van der Waals surface area contributed by atoms with Crippen LogP contribution in [-0.2, 0) is 0 Å². The van der Waals surface area contributed by atoms with Crippen LogP contribution >= 0.6 is 0 Å². The van der Waals surface area contributed by atoms with Crippen molar-refractivity contribution in [1.29, 1.82) is 0 Å². The van der Waals surface area contributed by atoms with Crippen LogP contribution in [0, 0.1) is 11.8 Å². The number of hydrogen-bond donors (Lipinski definition) is 1. The number of carbonyl (C=O) groups is 1. The Morgan fingerprint density at radius 1 is 1.20 bits per heavy atom. The van der Waals surface area contributed by atoms with Gasteiger partial charge < -0.3 is 14.5 Å². The van der Waals surface area contributed by atoms with Crippen molar-refractivity contribution in [3.05, 3.63) is 54.3 Å². The second-order valence-corrected chi connectivity index (χ2v) is 5.47. The molecule has 0 atom stereocenters. The van der Waals surface area contributed by atoms with E-state index in [0.717, 1.165) is 16.5 Å². The van der Waals surface area contributed by atoms with E-state index in [1.807, 2.05) is 42.5 Å². The van der Waals surface area contributed by atoms with Gasteiger partial charge in [0.15, 0.2) is 0 Å². The summed E-state index contributed by atoms with van der Waals surface area (Å²) >= 11 is 0. The number of benzene rings is 2. The van der Waals surface area contributed by atoms with Crippen molar-refractivity contribution in [1.82, 2.24) is 5.32 Å². The van der Waals surface area contributed by atoms with Gasteiger partial charge in [-0.05, 0) is 24.6 Å². The summed E-state index contributed by atoms with van der Waals surface area (Å²) in [6.45, 7) is 2.26. The molecule has 0 radical (unpaired) electrons. The smallest absolute Gasteiger partial charge is 0.287 e. The summed E-state index contributed by atoms with van der Waals surface area (Å²) in [6.07, 6.45) is 0.608. The fourth-order valence-corrected chi connectivity index (χ4v) is 2.70. The molecule has 126 valence electrons. The van der Waals surface area contributed by atoms with E-state index < -0.39 is 0 Å². The fourth-order valence-electron chi connectivity index (χ4n) is 2.70. The van der Waals surface area contributed by atoms with E-state index in [0.29, 0.717) is 30.1 Å². The maximum absolute atomic E-state index is 12.6. The van der Waals surface area contributed by atoms with Crippen LogP contribution < -0.4 is 10.1 Å². The molecular formula is C21H19NO3. The molecule has 4 heteroatoms. The summed E-state index contributed by atoms with van der Waals surface area (Å²) in [5.41, 5.74) is 2.35. The van der Waals surface area contributed by atoms with E-state index in [9.17, 15) is 4.79 Å². The maximum atomic E-state index is 12.6. The number of furan rings is 1. The molecule has 0 aliphatic heterocycles. The van der Waals surface area contributed by atoms with Crippen LogP contribution in [0.3, 0.4) is 0 Å². The Morgan fingerprint density at radius 2 is 2.00 bits per heavy atom. The second kappa shape index (κ2) is 7.59. The molecule has 2 aromatic carbocycles. The number of nitrogens with one attached hydrogen (secondary N) is 1. The fraction of sp³-hybridized carbons (Fsp3) is 0.190. The molecule has 0 saturated heterocycles. The average molecular weight is 333 g/mol. The Labute approximate surface area is 146 Å². The maximum Gasteiger partial charge on any atom is 0.287 e. The zero-order valence-electron chi connectivity index (χ0n) is 14.3. The molecule has 1 amide bonds. The SMILES string of the molecule is CC#CCCNC(=O)c1oc2cc(OC)ccc2c1-c1ccccc1. The molecule has 4 nitrogen and oxygen atoms in total. The molecule has 0 fully saturated rings. The largest absolute Gasteiger partial charge is 0.497 e. The van der Waals surface area contributed by atoms with E-state index >= 15 is 0 Å². The lowest BCUT2D eigenvalue weighted by atomic mass is 10.0. The first-order valence-electron chi connectivity index (χ1n) is 8.08. The van der Waals surface area contributed by atoms with E-state index in [4.69, 9.17) is 9.15 Å². The third kappa shape index (κ3) is 3.51. The predicted octanol–water partition coefficient (Wildman–Crippen LogP) is 4.25. The summed E-state index contributed by atoms with van der Waals surface area (Å²) in [4.78, 5) is 12.6. The molecule has 1 N–H and O–H groups in total. The first kappa shape index (κ1) is 16.7. The predicted molar refractivity (Wildman–Crippen MR) is 98.6 cm³/mol. The van der Waals surface area contributed by atoms with Gasteiger partial charge in [0.2, 0.25) is 5.76 Å². The summed E-state index contributed by atoms with van der Waals surface area (Å²) in [7, 11) is 1.60. The van der Waals surface area contributed by atoms with Crippen molar-refractivity contribution in [2.45, 2.75) is 13.3 Å². The minimum Gasteiger partial charge on any atom is -0.497 e. The molecule has 3 rings (SSSR count). The molecule has 0 saturated carbocycles. The Kier molecular flexibility index (Phi) is 5.06. The topological polar surface area (TPSA) is 51.5 Å². The van der Waals surface area contributed by atoms with E-state index in [1.54, 1.807) is 20.1 Å². The van der Waals surface area contributed by atoms with Crippen LogP contribution in [0.15, 0.2) is 52.9 Å². The Morgan fingerprint density at radius 3 is 2.72 bits per heavy atom. The van der Waals surface area contributed by atoms with Crippen molar-refractivity contribution < 1.29 is 13.9 Å². The number of rotatable bonds is 5. The van der Waals surface area contributed by atoms with E-state index in [-0.39, 0.29) is 5.91 Å². The molecule has 1 aromatic heterocycles. The third-order valence-electron chi connectivity index (χ3n) is 3.88. The van der Waals surface area contributed by atoms with Crippen LogP contribution in [-0.4, -0.2) is 19.6 Å². The molecule has 1 heterocycles. The lowest BCUT2D eigenvalue weighted by molar-refractivity contribution is 0.0930. The monoisotopic (exact) mass is 333 g/mol. The molecule has 0 aliphatic carbocycles. The van der Waals surface area contributed by atoms with Gasteiger partial charge in [-0.3, -0.25) is 4.79 Å². The minimum atomic E-state index is -0.244. The minimum absolute atomic E-state index is 0.244. The molecule has 0 bridgehead atoms. The molecule has 0 aliphatic rings. The lowest BCUT2D eigenvalue weighted by Gasteiger charge is -2.04. The quantitative estimate of drug-likeness (QED) is 0.561. The highest BCUT2D eigenvalue weighted by Crippen LogP contribution is 2.36.